The number of aliphatic imine (C=N–C) groups is 1. The number of hydrogen-bond donors (Lipinski definition) is 0. The van der Waals surface area contributed by atoms with E-state index in [1.165, 1.54) is 5.56 Å². The van der Waals surface area contributed by atoms with Gasteiger partial charge in [-0.2, -0.15) is 4.31 Å². The highest BCUT2D eigenvalue weighted by Gasteiger charge is 2.25. The van der Waals surface area contributed by atoms with Gasteiger partial charge in [0.1, 0.15) is 0 Å². The minimum absolute atomic E-state index is 0.331. The second-order valence-electron chi connectivity index (χ2n) is 5.69. The Morgan fingerprint density at radius 3 is 2.65 bits per heavy atom. The third-order valence-corrected chi connectivity index (χ3v) is 6.85. The summed E-state index contributed by atoms with van der Waals surface area (Å²) in [7, 11) is -3.40. The number of piperidine rings is 1. The molecule has 1 aliphatic heterocycles. The Kier molecular flexibility index (Phi) is 4.94. The number of hydrogen-bond acceptors (Lipinski definition) is 4. The van der Waals surface area contributed by atoms with Crippen LogP contribution < -0.4 is 0 Å². The van der Waals surface area contributed by atoms with Crippen molar-refractivity contribution in [3.8, 4) is 0 Å². The van der Waals surface area contributed by atoms with Crippen molar-refractivity contribution in [1.29, 1.82) is 0 Å². The molecule has 0 unspecified atom stereocenters. The van der Waals surface area contributed by atoms with Crippen molar-refractivity contribution < 1.29 is 8.42 Å². The fourth-order valence-corrected chi connectivity index (χ4v) is 4.97. The Morgan fingerprint density at radius 2 is 1.96 bits per heavy atom. The second kappa shape index (κ2) is 6.95. The summed E-state index contributed by atoms with van der Waals surface area (Å²) in [5.74, 6) is 0. The van der Waals surface area contributed by atoms with Crippen LogP contribution in [0.25, 0.3) is 0 Å². The molecule has 1 fully saturated rings. The molecule has 0 saturated carbocycles. The molecule has 1 aliphatic rings. The van der Waals surface area contributed by atoms with Gasteiger partial charge in [0.25, 0.3) is 0 Å². The Bertz CT molecular complexity index is 804. The van der Waals surface area contributed by atoms with Gasteiger partial charge < -0.3 is 0 Å². The van der Waals surface area contributed by atoms with E-state index in [1.54, 1.807) is 40.1 Å². The van der Waals surface area contributed by atoms with E-state index in [0.29, 0.717) is 23.7 Å². The molecular weight excluding hydrogens is 328 g/mol. The first-order chi connectivity index (χ1) is 11.1. The fraction of sp³-hybridized carbons (Fsp3) is 0.353. The molecule has 1 aromatic carbocycles. The van der Waals surface area contributed by atoms with Crippen LogP contribution in [0.1, 0.15) is 29.7 Å². The zero-order valence-corrected chi connectivity index (χ0v) is 14.7. The van der Waals surface area contributed by atoms with Crippen molar-refractivity contribution in [1.82, 2.24) is 4.31 Å². The fourth-order valence-electron chi connectivity index (χ4n) is 2.63. The standard InChI is InChI=1S/C17H20N2O2S2/c1-14-8-11-22-17(14)13-18-15-6-5-7-16(12-15)23(20,21)19-9-3-2-4-10-19/h5-8,11-13H,2-4,9-10H2,1H3. The second-order valence-corrected chi connectivity index (χ2v) is 8.57. The minimum atomic E-state index is -3.40. The van der Waals surface area contributed by atoms with E-state index in [2.05, 4.69) is 4.99 Å². The van der Waals surface area contributed by atoms with Crippen LogP contribution in [0.15, 0.2) is 45.6 Å². The molecule has 0 atom stereocenters. The number of benzene rings is 1. The summed E-state index contributed by atoms with van der Waals surface area (Å²) in [6.45, 7) is 3.27. The van der Waals surface area contributed by atoms with Gasteiger partial charge in [0, 0.05) is 24.2 Å². The summed E-state index contributed by atoms with van der Waals surface area (Å²) in [6, 6.07) is 8.94. The van der Waals surface area contributed by atoms with Crippen LogP contribution in [0.4, 0.5) is 5.69 Å². The van der Waals surface area contributed by atoms with Crippen LogP contribution >= 0.6 is 11.3 Å². The van der Waals surface area contributed by atoms with Gasteiger partial charge >= 0.3 is 0 Å². The molecule has 2 aromatic rings. The van der Waals surface area contributed by atoms with E-state index in [0.717, 1.165) is 24.1 Å². The van der Waals surface area contributed by atoms with E-state index >= 15 is 0 Å². The van der Waals surface area contributed by atoms with Crippen LogP contribution in [0.3, 0.4) is 0 Å². The zero-order chi connectivity index (χ0) is 16.3. The van der Waals surface area contributed by atoms with E-state index in [1.807, 2.05) is 24.4 Å². The monoisotopic (exact) mass is 348 g/mol. The quantitative estimate of drug-likeness (QED) is 0.785. The maximum Gasteiger partial charge on any atom is 0.243 e. The van der Waals surface area contributed by atoms with Crippen molar-refractivity contribution in [2.45, 2.75) is 31.1 Å². The molecule has 23 heavy (non-hydrogen) atoms. The van der Waals surface area contributed by atoms with Crippen molar-refractivity contribution in [2.75, 3.05) is 13.1 Å². The first-order valence-corrected chi connectivity index (χ1v) is 10.1. The molecule has 0 bridgehead atoms. The van der Waals surface area contributed by atoms with Gasteiger partial charge in [0.05, 0.1) is 10.6 Å². The van der Waals surface area contributed by atoms with Crippen LogP contribution in [0, 0.1) is 6.92 Å². The summed E-state index contributed by atoms with van der Waals surface area (Å²) in [5, 5.41) is 2.02. The first-order valence-electron chi connectivity index (χ1n) is 7.76. The van der Waals surface area contributed by atoms with Gasteiger partial charge in [-0.1, -0.05) is 12.5 Å². The average Bonchev–Trinajstić information content (AvgIpc) is 2.99. The summed E-state index contributed by atoms with van der Waals surface area (Å²) in [6.07, 6.45) is 4.78. The summed E-state index contributed by atoms with van der Waals surface area (Å²) in [4.78, 5) is 5.85. The van der Waals surface area contributed by atoms with Gasteiger partial charge in [-0.15, -0.1) is 11.3 Å². The molecule has 0 amide bonds. The zero-order valence-electron chi connectivity index (χ0n) is 13.1. The van der Waals surface area contributed by atoms with E-state index in [4.69, 9.17) is 0 Å². The smallest absolute Gasteiger partial charge is 0.243 e. The number of thiophene rings is 1. The molecule has 0 spiro atoms. The molecule has 6 heteroatoms. The summed E-state index contributed by atoms with van der Waals surface area (Å²) >= 11 is 1.63. The van der Waals surface area contributed by atoms with Crippen molar-refractivity contribution >= 4 is 33.3 Å². The van der Waals surface area contributed by atoms with Gasteiger partial charge in [-0.25, -0.2) is 8.42 Å². The van der Waals surface area contributed by atoms with Crippen molar-refractivity contribution in [3.05, 3.63) is 46.2 Å². The van der Waals surface area contributed by atoms with Gasteiger partial charge in [0.15, 0.2) is 0 Å². The SMILES string of the molecule is Cc1ccsc1C=Nc1cccc(S(=O)(=O)N2CCCCC2)c1. The van der Waals surface area contributed by atoms with E-state index < -0.39 is 10.0 Å². The van der Waals surface area contributed by atoms with Crippen LogP contribution in [-0.4, -0.2) is 32.0 Å². The molecule has 122 valence electrons. The molecule has 3 rings (SSSR count). The first kappa shape index (κ1) is 16.4. The third-order valence-electron chi connectivity index (χ3n) is 4.00. The maximum absolute atomic E-state index is 12.7. The Labute approximate surface area is 141 Å². The minimum Gasteiger partial charge on any atom is -0.255 e. The Morgan fingerprint density at radius 1 is 1.17 bits per heavy atom. The lowest BCUT2D eigenvalue weighted by molar-refractivity contribution is 0.346. The number of sulfonamides is 1. The molecule has 1 aromatic heterocycles. The van der Waals surface area contributed by atoms with Gasteiger partial charge in [-0.05, 0) is 55.0 Å². The van der Waals surface area contributed by atoms with Crippen LogP contribution in [-0.2, 0) is 10.0 Å². The molecule has 1 saturated heterocycles. The summed E-state index contributed by atoms with van der Waals surface area (Å²) < 4.78 is 27.0. The lowest BCUT2D eigenvalue weighted by atomic mass is 10.2. The molecule has 4 nitrogen and oxygen atoms in total. The van der Waals surface area contributed by atoms with E-state index in [-0.39, 0.29) is 0 Å². The molecule has 2 heterocycles. The highest BCUT2D eigenvalue weighted by atomic mass is 32.2. The topological polar surface area (TPSA) is 49.7 Å². The number of nitrogens with zero attached hydrogens (tertiary/aromatic N) is 2. The van der Waals surface area contributed by atoms with Crippen LogP contribution in [0.2, 0.25) is 0 Å². The maximum atomic E-state index is 12.7. The Balaban J connectivity index is 1.85. The molecule has 0 N–H and O–H groups in total. The largest absolute Gasteiger partial charge is 0.255 e. The highest BCUT2D eigenvalue weighted by molar-refractivity contribution is 7.89. The average molecular weight is 348 g/mol. The summed E-state index contributed by atoms with van der Waals surface area (Å²) in [5.41, 5.74) is 1.84. The molecule has 0 radical (unpaired) electrons. The molecule has 0 aliphatic carbocycles. The number of aryl methyl sites for hydroxylation is 1. The lowest BCUT2D eigenvalue weighted by Crippen LogP contribution is -2.35. The van der Waals surface area contributed by atoms with Gasteiger partial charge in [-0.3, -0.25) is 4.99 Å². The normalized spacial score (nSPS) is 16.9. The predicted molar refractivity (Wildman–Crippen MR) is 95.4 cm³/mol. The molecular formula is C17H20N2O2S2. The number of rotatable bonds is 4. The highest BCUT2D eigenvalue weighted by Crippen LogP contribution is 2.24. The Hall–Kier alpha value is -1.50. The van der Waals surface area contributed by atoms with Crippen LogP contribution in [0.5, 0.6) is 0 Å². The van der Waals surface area contributed by atoms with Crippen molar-refractivity contribution in [2.24, 2.45) is 4.99 Å². The van der Waals surface area contributed by atoms with Crippen molar-refractivity contribution in [3.63, 3.8) is 0 Å². The third kappa shape index (κ3) is 3.71. The predicted octanol–water partition coefficient (Wildman–Crippen LogP) is 3.98. The van der Waals surface area contributed by atoms with E-state index in [9.17, 15) is 8.42 Å². The lowest BCUT2D eigenvalue weighted by Gasteiger charge is -2.25. The van der Waals surface area contributed by atoms with Gasteiger partial charge in [0.2, 0.25) is 10.0 Å².